The van der Waals surface area contributed by atoms with Crippen LogP contribution >= 0.6 is 0 Å². The summed E-state index contributed by atoms with van der Waals surface area (Å²) >= 11 is 0. The van der Waals surface area contributed by atoms with E-state index in [1.807, 2.05) is 6.07 Å². The Hall–Kier alpha value is -2.72. The number of rotatable bonds is 7. The number of H-pyrrole nitrogens is 2. The van der Waals surface area contributed by atoms with Crippen LogP contribution in [0, 0.1) is 5.82 Å². The number of benzene rings is 1. The van der Waals surface area contributed by atoms with Gasteiger partial charge in [-0.05, 0) is 31.0 Å². The fourth-order valence-corrected chi connectivity index (χ4v) is 4.93. The molecule has 28 heavy (non-hydrogen) atoms. The van der Waals surface area contributed by atoms with Crippen LogP contribution in [0.5, 0.6) is 5.75 Å². The van der Waals surface area contributed by atoms with Crippen molar-refractivity contribution < 1.29 is 17.5 Å². The predicted molar refractivity (Wildman–Crippen MR) is 98.6 cm³/mol. The van der Waals surface area contributed by atoms with Gasteiger partial charge in [-0.2, -0.15) is 14.5 Å². The summed E-state index contributed by atoms with van der Waals surface area (Å²) in [5, 5.41) is 13.5. The van der Waals surface area contributed by atoms with Gasteiger partial charge < -0.3 is 4.74 Å². The second kappa shape index (κ2) is 7.72. The number of para-hydroxylation sites is 1. The zero-order valence-corrected chi connectivity index (χ0v) is 15.8. The van der Waals surface area contributed by atoms with Gasteiger partial charge in [0.1, 0.15) is 4.90 Å². The van der Waals surface area contributed by atoms with Crippen LogP contribution in [-0.4, -0.2) is 46.3 Å². The lowest BCUT2D eigenvalue weighted by Crippen LogP contribution is -2.30. The molecule has 0 spiro atoms. The highest BCUT2D eigenvalue weighted by atomic mass is 32.2. The minimum atomic E-state index is -3.62. The van der Waals surface area contributed by atoms with E-state index < -0.39 is 15.8 Å². The standard InChI is InChI=1S/C18H20FN5O3S/c19-15-4-1-2-6-18(15)27-9-7-13-10-16(23-22-13)17-5-3-8-24(17)28(25,26)14-11-20-21-12-14/h1-2,4,6,10-12,17H,3,5,7-9H2,(H,20,21)(H,22,23)/t17-/m0/s1. The van der Waals surface area contributed by atoms with Crippen LogP contribution in [0.4, 0.5) is 4.39 Å². The second-order valence-electron chi connectivity index (χ2n) is 6.55. The van der Waals surface area contributed by atoms with Gasteiger partial charge in [0.15, 0.2) is 11.6 Å². The summed E-state index contributed by atoms with van der Waals surface area (Å²) in [5.74, 6) is -0.200. The summed E-state index contributed by atoms with van der Waals surface area (Å²) in [6.45, 7) is 0.723. The number of sulfonamides is 1. The third-order valence-corrected chi connectivity index (χ3v) is 6.61. The molecule has 4 rings (SSSR count). The molecule has 0 bridgehead atoms. The lowest BCUT2D eigenvalue weighted by molar-refractivity contribution is 0.304. The summed E-state index contributed by atoms with van der Waals surface area (Å²) in [7, 11) is -3.62. The molecule has 8 nitrogen and oxygen atoms in total. The first kappa shape index (κ1) is 18.6. The summed E-state index contributed by atoms with van der Waals surface area (Å²) in [4.78, 5) is 0.147. The molecule has 1 fully saturated rings. The molecule has 10 heteroatoms. The van der Waals surface area contributed by atoms with E-state index in [9.17, 15) is 12.8 Å². The number of hydrogen-bond donors (Lipinski definition) is 2. The molecule has 1 atom stereocenters. The van der Waals surface area contributed by atoms with Gasteiger partial charge in [-0.25, -0.2) is 12.8 Å². The van der Waals surface area contributed by atoms with Gasteiger partial charge in [0.25, 0.3) is 0 Å². The zero-order chi connectivity index (χ0) is 19.6. The molecule has 1 aliphatic heterocycles. The van der Waals surface area contributed by atoms with Crippen LogP contribution in [0.15, 0.2) is 47.6 Å². The van der Waals surface area contributed by atoms with Crippen molar-refractivity contribution >= 4 is 10.0 Å². The van der Waals surface area contributed by atoms with Gasteiger partial charge in [-0.3, -0.25) is 10.2 Å². The van der Waals surface area contributed by atoms with Crippen LogP contribution in [0.1, 0.15) is 30.3 Å². The van der Waals surface area contributed by atoms with Crippen LogP contribution in [0.25, 0.3) is 0 Å². The van der Waals surface area contributed by atoms with E-state index in [0.717, 1.165) is 12.1 Å². The topological polar surface area (TPSA) is 104 Å². The Kier molecular flexibility index (Phi) is 5.14. The molecule has 0 unspecified atom stereocenters. The molecular weight excluding hydrogens is 385 g/mol. The second-order valence-corrected chi connectivity index (χ2v) is 8.45. The van der Waals surface area contributed by atoms with Crippen LogP contribution < -0.4 is 4.74 Å². The summed E-state index contributed by atoms with van der Waals surface area (Å²) < 4.78 is 46.1. The molecular formula is C18H20FN5O3S. The largest absolute Gasteiger partial charge is 0.490 e. The first-order valence-electron chi connectivity index (χ1n) is 8.98. The third kappa shape index (κ3) is 3.65. The highest BCUT2D eigenvalue weighted by Gasteiger charge is 2.37. The maximum Gasteiger partial charge on any atom is 0.246 e. The van der Waals surface area contributed by atoms with E-state index >= 15 is 0 Å². The van der Waals surface area contributed by atoms with Crippen molar-refractivity contribution in [3.8, 4) is 5.75 Å². The predicted octanol–water partition coefficient (Wildman–Crippen LogP) is 2.42. The van der Waals surface area contributed by atoms with Crippen molar-refractivity contribution in [1.82, 2.24) is 24.7 Å². The van der Waals surface area contributed by atoms with Gasteiger partial charge >= 0.3 is 0 Å². The molecule has 0 amide bonds. The van der Waals surface area contributed by atoms with Gasteiger partial charge in [-0.15, -0.1) is 0 Å². The van der Waals surface area contributed by atoms with Crippen molar-refractivity contribution in [2.24, 2.45) is 0 Å². The molecule has 2 N–H and O–H groups in total. The molecule has 0 aliphatic carbocycles. The third-order valence-electron chi connectivity index (χ3n) is 4.74. The van der Waals surface area contributed by atoms with Gasteiger partial charge in [0.05, 0.1) is 24.5 Å². The van der Waals surface area contributed by atoms with Gasteiger partial charge in [0.2, 0.25) is 10.0 Å². The van der Waals surface area contributed by atoms with Crippen molar-refractivity contribution in [3.63, 3.8) is 0 Å². The molecule has 1 saturated heterocycles. The monoisotopic (exact) mass is 405 g/mol. The Balaban J connectivity index is 1.43. The Morgan fingerprint density at radius 1 is 1.32 bits per heavy atom. The van der Waals surface area contributed by atoms with E-state index in [1.54, 1.807) is 18.2 Å². The van der Waals surface area contributed by atoms with E-state index in [-0.39, 0.29) is 23.3 Å². The fraction of sp³-hybridized carbons (Fsp3) is 0.333. The minimum absolute atomic E-state index is 0.147. The number of halogens is 1. The Bertz CT molecular complexity index is 1040. The molecule has 3 heterocycles. The summed E-state index contributed by atoms with van der Waals surface area (Å²) in [6, 6.07) is 7.76. The SMILES string of the molecule is O=S(=O)(c1cn[nH]c1)N1CCC[C@H]1c1cc(CCOc2ccccc2F)[nH]n1. The number of aromatic nitrogens is 4. The first-order valence-corrected chi connectivity index (χ1v) is 10.4. The molecule has 148 valence electrons. The summed E-state index contributed by atoms with van der Waals surface area (Å²) in [5.41, 5.74) is 1.48. The number of ether oxygens (including phenoxy) is 1. The molecule has 2 aromatic heterocycles. The maximum absolute atomic E-state index is 13.6. The average Bonchev–Trinajstić information content (AvgIpc) is 3.44. The molecule has 0 saturated carbocycles. The number of hydrogen-bond acceptors (Lipinski definition) is 5. The average molecular weight is 405 g/mol. The van der Waals surface area contributed by atoms with Gasteiger partial charge in [-0.1, -0.05) is 12.1 Å². The Morgan fingerprint density at radius 3 is 2.96 bits per heavy atom. The van der Waals surface area contributed by atoms with Crippen LogP contribution in [-0.2, 0) is 16.4 Å². The van der Waals surface area contributed by atoms with Gasteiger partial charge in [0, 0.05) is 24.9 Å². The van der Waals surface area contributed by atoms with Crippen molar-refractivity contribution in [1.29, 1.82) is 0 Å². The summed E-state index contributed by atoms with van der Waals surface area (Å²) in [6.07, 6.45) is 4.65. The van der Waals surface area contributed by atoms with E-state index in [0.29, 0.717) is 25.1 Å². The number of nitrogens with zero attached hydrogens (tertiary/aromatic N) is 3. The number of nitrogens with one attached hydrogen (secondary N) is 2. The minimum Gasteiger partial charge on any atom is -0.490 e. The lowest BCUT2D eigenvalue weighted by Gasteiger charge is -2.21. The zero-order valence-electron chi connectivity index (χ0n) is 15.0. The molecule has 1 aromatic carbocycles. The molecule has 0 radical (unpaired) electrons. The molecule has 3 aromatic rings. The smallest absolute Gasteiger partial charge is 0.246 e. The van der Waals surface area contributed by atoms with E-state index in [1.165, 1.54) is 22.8 Å². The quantitative estimate of drug-likeness (QED) is 0.628. The Morgan fingerprint density at radius 2 is 2.18 bits per heavy atom. The maximum atomic E-state index is 13.6. The van der Waals surface area contributed by atoms with E-state index in [4.69, 9.17) is 4.74 Å². The first-order chi connectivity index (χ1) is 13.6. The normalized spacial score (nSPS) is 17.8. The molecule has 1 aliphatic rings. The van der Waals surface area contributed by atoms with Crippen LogP contribution in [0.2, 0.25) is 0 Å². The highest BCUT2D eigenvalue weighted by Crippen LogP contribution is 2.35. The van der Waals surface area contributed by atoms with E-state index in [2.05, 4.69) is 20.4 Å². The van der Waals surface area contributed by atoms with Crippen molar-refractivity contribution in [3.05, 3.63) is 59.9 Å². The van der Waals surface area contributed by atoms with Crippen LogP contribution in [0.3, 0.4) is 0 Å². The highest BCUT2D eigenvalue weighted by molar-refractivity contribution is 7.89. The van der Waals surface area contributed by atoms with Crippen molar-refractivity contribution in [2.45, 2.75) is 30.2 Å². The number of aromatic amines is 2. The fourth-order valence-electron chi connectivity index (χ4n) is 3.35. The lowest BCUT2D eigenvalue weighted by atomic mass is 10.1. The van der Waals surface area contributed by atoms with Crippen molar-refractivity contribution in [2.75, 3.05) is 13.2 Å². The Labute approximate surface area is 161 Å².